The highest BCUT2D eigenvalue weighted by Gasteiger charge is 2.19. The molecule has 2 aromatic carbocycles. The van der Waals surface area contributed by atoms with E-state index in [4.69, 9.17) is 16.3 Å². The number of halogens is 2. The molecule has 0 radical (unpaired) electrons. The molecule has 0 aliphatic rings. The number of nitro groups is 1. The van der Waals surface area contributed by atoms with Gasteiger partial charge in [0.25, 0.3) is 0 Å². The molecule has 0 unspecified atom stereocenters. The van der Waals surface area contributed by atoms with E-state index in [1.807, 2.05) is 0 Å². The van der Waals surface area contributed by atoms with Crippen LogP contribution >= 0.6 is 11.6 Å². The van der Waals surface area contributed by atoms with E-state index < -0.39 is 10.7 Å². The number of benzene rings is 2. The third kappa shape index (κ3) is 4.85. The summed E-state index contributed by atoms with van der Waals surface area (Å²) in [6, 6.07) is 6.71. The van der Waals surface area contributed by atoms with Gasteiger partial charge < -0.3 is 15.4 Å². The van der Waals surface area contributed by atoms with Crippen molar-refractivity contribution in [3.05, 3.63) is 57.6 Å². The Morgan fingerprint density at radius 3 is 2.79 bits per heavy atom. The van der Waals surface area contributed by atoms with Gasteiger partial charge in [-0.3, -0.25) is 14.9 Å². The fourth-order valence-electron chi connectivity index (χ4n) is 2.54. The van der Waals surface area contributed by atoms with Gasteiger partial charge in [-0.05, 0) is 18.2 Å². The van der Waals surface area contributed by atoms with E-state index in [-0.39, 0.29) is 47.0 Å². The second-order valence-corrected chi connectivity index (χ2v) is 6.33. The largest absolute Gasteiger partial charge is 0.485 e. The lowest BCUT2D eigenvalue weighted by Crippen LogP contribution is -2.25. The summed E-state index contributed by atoms with van der Waals surface area (Å²) < 4.78 is 19.5. The van der Waals surface area contributed by atoms with Gasteiger partial charge >= 0.3 is 5.69 Å². The molecule has 9 nitrogen and oxygen atoms in total. The summed E-state index contributed by atoms with van der Waals surface area (Å²) in [6.07, 6.45) is 1.24. The number of hydrogen-bond acceptors (Lipinski definition) is 7. The zero-order valence-corrected chi connectivity index (χ0v) is 15.9. The van der Waals surface area contributed by atoms with E-state index in [0.29, 0.717) is 10.9 Å². The molecule has 0 fully saturated rings. The van der Waals surface area contributed by atoms with Crippen molar-refractivity contribution in [2.75, 3.05) is 18.5 Å². The Kier molecular flexibility index (Phi) is 6.03. The Hall–Kier alpha value is -3.53. The van der Waals surface area contributed by atoms with Crippen LogP contribution in [0.2, 0.25) is 5.02 Å². The maximum Gasteiger partial charge on any atom is 0.311 e. The quantitative estimate of drug-likeness (QED) is 0.341. The van der Waals surface area contributed by atoms with Gasteiger partial charge in [0.15, 0.2) is 5.75 Å². The summed E-state index contributed by atoms with van der Waals surface area (Å²) in [5.41, 5.74) is 0.152. The Morgan fingerprint density at radius 1 is 1.31 bits per heavy atom. The molecule has 150 valence electrons. The third-order valence-corrected chi connectivity index (χ3v) is 4.07. The first-order valence-electron chi connectivity index (χ1n) is 8.37. The molecule has 0 saturated heterocycles. The lowest BCUT2D eigenvalue weighted by molar-refractivity contribution is -0.385. The van der Waals surface area contributed by atoms with E-state index in [2.05, 4.69) is 20.6 Å². The van der Waals surface area contributed by atoms with E-state index in [0.717, 1.165) is 6.07 Å². The van der Waals surface area contributed by atoms with E-state index in [1.54, 1.807) is 0 Å². The van der Waals surface area contributed by atoms with Crippen molar-refractivity contribution < 1.29 is 18.8 Å². The smallest absolute Gasteiger partial charge is 0.311 e. The van der Waals surface area contributed by atoms with Gasteiger partial charge in [0.2, 0.25) is 5.91 Å². The van der Waals surface area contributed by atoms with Crippen molar-refractivity contribution in [1.29, 1.82) is 0 Å². The minimum Gasteiger partial charge on any atom is -0.485 e. The van der Waals surface area contributed by atoms with E-state index >= 15 is 0 Å². The standard InChI is InChI=1S/C18H15ClFN5O4/c1-10(26)21-4-5-29-17-8-15-12(7-16(17)25(27)28)18(23-9-22-15)24-14-3-2-11(19)6-13(14)20/h2-3,6-9H,4-5H2,1H3,(H,21,26)(H,22,23,24). The number of fused-ring (bicyclic) bond motifs is 1. The Morgan fingerprint density at radius 2 is 2.10 bits per heavy atom. The van der Waals surface area contributed by atoms with Crippen LogP contribution in [0, 0.1) is 15.9 Å². The molecule has 11 heteroatoms. The van der Waals surface area contributed by atoms with Gasteiger partial charge in [-0.15, -0.1) is 0 Å². The highest BCUT2D eigenvalue weighted by molar-refractivity contribution is 6.30. The fraction of sp³-hybridized carbons (Fsp3) is 0.167. The Labute approximate surface area is 169 Å². The lowest BCUT2D eigenvalue weighted by Gasteiger charge is -2.11. The van der Waals surface area contributed by atoms with Crippen molar-refractivity contribution in [1.82, 2.24) is 15.3 Å². The van der Waals surface area contributed by atoms with Gasteiger partial charge in [0, 0.05) is 24.1 Å². The SMILES string of the molecule is CC(=O)NCCOc1cc2ncnc(Nc3ccc(Cl)cc3F)c2cc1[N+](=O)[O-]. The fourth-order valence-corrected chi connectivity index (χ4v) is 2.70. The van der Waals surface area contributed by atoms with Crippen LogP contribution in [-0.2, 0) is 4.79 Å². The number of nitro benzene ring substituents is 1. The van der Waals surface area contributed by atoms with Crippen LogP contribution in [0.4, 0.5) is 21.6 Å². The maximum absolute atomic E-state index is 14.1. The molecule has 2 N–H and O–H groups in total. The molecule has 1 amide bonds. The molecule has 0 bridgehead atoms. The van der Waals surface area contributed by atoms with Crippen LogP contribution in [0.5, 0.6) is 5.75 Å². The van der Waals surface area contributed by atoms with Crippen LogP contribution in [0.1, 0.15) is 6.92 Å². The molecule has 0 aliphatic carbocycles. The highest BCUT2D eigenvalue weighted by atomic mass is 35.5. The topological polar surface area (TPSA) is 119 Å². The molecule has 1 aromatic heterocycles. The summed E-state index contributed by atoms with van der Waals surface area (Å²) in [5, 5.41) is 17.4. The number of carbonyl (C=O) groups excluding carboxylic acids is 1. The molecular formula is C18H15ClFN5O4. The number of ether oxygens (including phenoxy) is 1. The monoisotopic (exact) mass is 419 g/mol. The molecular weight excluding hydrogens is 405 g/mol. The first-order chi connectivity index (χ1) is 13.8. The molecule has 0 aliphatic heterocycles. The Balaban J connectivity index is 1.95. The molecule has 3 aromatic rings. The average Bonchev–Trinajstić information content (AvgIpc) is 2.66. The van der Waals surface area contributed by atoms with Crippen molar-refractivity contribution in [3.63, 3.8) is 0 Å². The van der Waals surface area contributed by atoms with Crippen LogP contribution < -0.4 is 15.4 Å². The predicted octanol–water partition coefficient (Wildman–Crippen LogP) is 3.59. The number of aromatic nitrogens is 2. The summed E-state index contributed by atoms with van der Waals surface area (Å²) >= 11 is 5.75. The normalized spacial score (nSPS) is 10.6. The second kappa shape index (κ2) is 8.65. The van der Waals surface area contributed by atoms with E-state index in [9.17, 15) is 19.3 Å². The number of hydrogen-bond donors (Lipinski definition) is 2. The highest BCUT2D eigenvalue weighted by Crippen LogP contribution is 2.35. The van der Waals surface area contributed by atoms with Gasteiger partial charge in [0.05, 0.1) is 28.1 Å². The van der Waals surface area contributed by atoms with Crippen LogP contribution in [0.25, 0.3) is 10.9 Å². The van der Waals surface area contributed by atoms with E-state index in [1.165, 1.54) is 37.5 Å². The van der Waals surface area contributed by atoms with Crippen molar-refractivity contribution in [2.24, 2.45) is 0 Å². The van der Waals surface area contributed by atoms with Gasteiger partial charge in [-0.2, -0.15) is 0 Å². The first-order valence-corrected chi connectivity index (χ1v) is 8.75. The maximum atomic E-state index is 14.1. The number of nitrogens with one attached hydrogen (secondary N) is 2. The van der Waals surface area contributed by atoms with Crippen molar-refractivity contribution in [2.45, 2.75) is 6.92 Å². The zero-order valence-electron chi connectivity index (χ0n) is 15.1. The van der Waals surface area contributed by atoms with Gasteiger partial charge in [-0.1, -0.05) is 11.6 Å². The molecule has 0 spiro atoms. The second-order valence-electron chi connectivity index (χ2n) is 5.90. The number of anilines is 2. The summed E-state index contributed by atoms with van der Waals surface area (Å²) in [5.74, 6) is -0.657. The molecule has 0 atom stereocenters. The average molecular weight is 420 g/mol. The van der Waals surface area contributed by atoms with Crippen LogP contribution in [0.3, 0.4) is 0 Å². The number of carbonyl (C=O) groups is 1. The summed E-state index contributed by atoms with van der Waals surface area (Å²) in [6.45, 7) is 1.59. The molecule has 3 rings (SSSR count). The van der Waals surface area contributed by atoms with Crippen LogP contribution in [0.15, 0.2) is 36.7 Å². The summed E-state index contributed by atoms with van der Waals surface area (Å²) in [4.78, 5) is 29.9. The zero-order chi connectivity index (χ0) is 21.0. The predicted molar refractivity (Wildman–Crippen MR) is 105 cm³/mol. The number of rotatable bonds is 7. The molecule has 1 heterocycles. The number of amides is 1. The van der Waals surface area contributed by atoms with Crippen molar-refractivity contribution in [3.8, 4) is 5.75 Å². The van der Waals surface area contributed by atoms with Gasteiger partial charge in [0.1, 0.15) is 24.6 Å². The van der Waals surface area contributed by atoms with Crippen LogP contribution in [-0.4, -0.2) is 34.0 Å². The Bertz CT molecular complexity index is 1100. The minimum absolute atomic E-state index is 0.00447. The first kappa shape index (κ1) is 20.2. The molecule has 29 heavy (non-hydrogen) atoms. The third-order valence-electron chi connectivity index (χ3n) is 3.83. The summed E-state index contributed by atoms with van der Waals surface area (Å²) in [7, 11) is 0. The van der Waals surface area contributed by atoms with Gasteiger partial charge in [-0.25, -0.2) is 14.4 Å². The number of nitrogens with zero attached hydrogens (tertiary/aromatic N) is 3. The lowest BCUT2D eigenvalue weighted by atomic mass is 10.2. The minimum atomic E-state index is -0.604. The molecule has 0 saturated carbocycles. The van der Waals surface area contributed by atoms with Crippen molar-refractivity contribution >= 4 is 45.6 Å².